The van der Waals surface area contributed by atoms with Crippen LogP contribution in [0.5, 0.6) is 5.75 Å². The van der Waals surface area contributed by atoms with E-state index in [0.717, 1.165) is 17.5 Å². The van der Waals surface area contributed by atoms with Gasteiger partial charge in [-0.15, -0.1) is 0 Å². The molecule has 1 radical (unpaired) electrons. The predicted octanol–water partition coefficient (Wildman–Crippen LogP) is 5.95. The molecule has 2 rings (SSSR count). The van der Waals surface area contributed by atoms with Crippen molar-refractivity contribution in [3.63, 3.8) is 0 Å². The zero-order valence-corrected chi connectivity index (χ0v) is 14.6. The molecule has 2 aromatic rings. The van der Waals surface area contributed by atoms with Gasteiger partial charge >= 0.3 is 0 Å². The van der Waals surface area contributed by atoms with Gasteiger partial charge in [-0.2, -0.15) is 0 Å². The van der Waals surface area contributed by atoms with Gasteiger partial charge in [0.15, 0.2) is 0 Å². The van der Waals surface area contributed by atoms with Crippen molar-refractivity contribution in [1.29, 1.82) is 0 Å². The summed E-state index contributed by atoms with van der Waals surface area (Å²) in [7, 11) is 0. The lowest BCUT2D eigenvalue weighted by Gasteiger charge is -2.11. The third kappa shape index (κ3) is 6.23. The number of unbranched alkanes of at least 4 members (excludes halogenated alkanes) is 4. The van der Waals surface area contributed by atoms with Crippen LogP contribution in [0.25, 0.3) is 0 Å². The van der Waals surface area contributed by atoms with Crippen molar-refractivity contribution >= 4 is 15.9 Å². The molecule has 0 heterocycles. The lowest BCUT2D eigenvalue weighted by Crippen LogP contribution is -1.99. The largest absolute Gasteiger partial charge is 0.488 e. The quantitative estimate of drug-likeness (QED) is 0.376. The van der Waals surface area contributed by atoms with E-state index in [1.165, 1.54) is 43.2 Å². The molecule has 0 amide bonds. The number of ether oxygens (including phenoxy) is 1. The van der Waals surface area contributed by atoms with Crippen LogP contribution < -0.4 is 4.74 Å². The van der Waals surface area contributed by atoms with Crippen molar-refractivity contribution in [2.24, 2.45) is 0 Å². The summed E-state index contributed by atoms with van der Waals surface area (Å²) in [6, 6.07) is 19.7. The Morgan fingerprint density at radius 1 is 0.864 bits per heavy atom. The number of halogens is 1. The third-order valence-corrected chi connectivity index (χ3v) is 4.27. The Hall–Kier alpha value is -1.28. The first-order valence-electron chi connectivity index (χ1n) is 8.12. The molecule has 2 aromatic carbocycles. The molecule has 0 spiro atoms. The molecular weight excluding hydrogens is 336 g/mol. The van der Waals surface area contributed by atoms with Gasteiger partial charge in [-0.3, -0.25) is 0 Å². The van der Waals surface area contributed by atoms with Gasteiger partial charge < -0.3 is 4.74 Å². The van der Waals surface area contributed by atoms with Crippen molar-refractivity contribution in [2.75, 3.05) is 5.33 Å². The van der Waals surface area contributed by atoms with E-state index in [-0.39, 0.29) is 0 Å². The number of benzene rings is 2. The lowest BCUT2D eigenvalue weighted by atomic mass is 10.0. The molecule has 0 atom stereocenters. The SMILES string of the molecule is BrCCCCCCCc1ccc[c]c1OCc1ccccc1. The van der Waals surface area contributed by atoms with Crippen LogP contribution in [0, 0.1) is 6.07 Å². The molecule has 0 fully saturated rings. The molecule has 0 aliphatic rings. The molecule has 0 aromatic heterocycles. The molecule has 0 aliphatic carbocycles. The van der Waals surface area contributed by atoms with Crippen molar-refractivity contribution in [3.8, 4) is 5.75 Å². The monoisotopic (exact) mass is 359 g/mol. The number of hydrogen-bond acceptors (Lipinski definition) is 1. The first kappa shape index (κ1) is 17.1. The summed E-state index contributed by atoms with van der Waals surface area (Å²) in [5, 5.41) is 1.12. The Kier molecular flexibility index (Phi) is 8.11. The fraction of sp³-hybridized carbons (Fsp3) is 0.400. The normalized spacial score (nSPS) is 10.6. The molecule has 0 unspecified atom stereocenters. The van der Waals surface area contributed by atoms with Crippen LogP contribution in [-0.4, -0.2) is 5.33 Å². The van der Waals surface area contributed by atoms with Gasteiger partial charge in [0, 0.05) is 11.4 Å². The smallest absolute Gasteiger partial charge is 0.130 e. The maximum absolute atomic E-state index is 5.96. The van der Waals surface area contributed by atoms with Crippen LogP contribution in [0.2, 0.25) is 0 Å². The van der Waals surface area contributed by atoms with Crippen LogP contribution in [0.1, 0.15) is 43.2 Å². The van der Waals surface area contributed by atoms with E-state index in [1.807, 2.05) is 24.3 Å². The van der Waals surface area contributed by atoms with E-state index >= 15 is 0 Å². The maximum atomic E-state index is 5.96. The predicted molar refractivity (Wildman–Crippen MR) is 96.6 cm³/mol. The van der Waals surface area contributed by atoms with Gasteiger partial charge in [0.25, 0.3) is 0 Å². The maximum Gasteiger partial charge on any atom is 0.130 e. The molecule has 0 saturated carbocycles. The van der Waals surface area contributed by atoms with Gasteiger partial charge in [-0.25, -0.2) is 0 Å². The fourth-order valence-electron chi connectivity index (χ4n) is 2.46. The number of rotatable bonds is 10. The number of alkyl halides is 1. The standard InChI is InChI=1S/C20H24BrO/c21-16-10-3-1-2-7-13-19-14-8-9-15-20(19)22-17-18-11-5-4-6-12-18/h4-6,8-9,11-12,14H,1-3,7,10,13,16-17H2. The Labute approximate surface area is 142 Å². The van der Waals surface area contributed by atoms with Crippen LogP contribution in [0.15, 0.2) is 48.5 Å². The average Bonchev–Trinajstić information content (AvgIpc) is 2.58. The van der Waals surface area contributed by atoms with E-state index < -0.39 is 0 Å². The molecule has 0 aliphatic heterocycles. The summed E-state index contributed by atoms with van der Waals surface area (Å²) < 4.78 is 5.96. The van der Waals surface area contributed by atoms with Crippen LogP contribution in [0.3, 0.4) is 0 Å². The van der Waals surface area contributed by atoms with E-state index in [2.05, 4.69) is 46.3 Å². The minimum absolute atomic E-state index is 0.611. The van der Waals surface area contributed by atoms with E-state index in [9.17, 15) is 0 Å². The molecule has 117 valence electrons. The van der Waals surface area contributed by atoms with E-state index in [0.29, 0.717) is 6.61 Å². The second-order valence-corrected chi connectivity index (χ2v) is 6.30. The van der Waals surface area contributed by atoms with Gasteiger partial charge in [-0.1, -0.05) is 83.7 Å². The van der Waals surface area contributed by atoms with Crippen molar-refractivity contribution in [2.45, 2.75) is 45.1 Å². The minimum atomic E-state index is 0.611. The second-order valence-electron chi connectivity index (χ2n) is 5.51. The average molecular weight is 360 g/mol. The molecular formula is C20H24BrO. The molecule has 0 bridgehead atoms. The van der Waals surface area contributed by atoms with Gasteiger partial charge in [0.05, 0.1) is 0 Å². The van der Waals surface area contributed by atoms with Crippen LogP contribution in [-0.2, 0) is 13.0 Å². The Morgan fingerprint density at radius 3 is 2.45 bits per heavy atom. The van der Waals surface area contributed by atoms with Crippen molar-refractivity contribution < 1.29 is 4.74 Å². The van der Waals surface area contributed by atoms with Crippen molar-refractivity contribution in [3.05, 3.63) is 65.7 Å². The van der Waals surface area contributed by atoms with Gasteiger partial charge in [-0.05, 0) is 30.4 Å². The van der Waals surface area contributed by atoms with E-state index in [4.69, 9.17) is 4.74 Å². The zero-order valence-electron chi connectivity index (χ0n) is 13.1. The fourth-order valence-corrected chi connectivity index (χ4v) is 2.85. The highest BCUT2D eigenvalue weighted by atomic mass is 79.9. The number of para-hydroxylation sites is 1. The summed E-state index contributed by atoms with van der Waals surface area (Å²) in [6.07, 6.45) is 7.52. The topological polar surface area (TPSA) is 9.23 Å². The molecule has 0 saturated heterocycles. The summed E-state index contributed by atoms with van der Waals surface area (Å²) in [5.74, 6) is 0.909. The van der Waals surface area contributed by atoms with E-state index in [1.54, 1.807) is 0 Å². The second kappa shape index (κ2) is 10.4. The molecule has 0 N–H and O–H groups in total. The highest BCUT2D eigenvalue weighted by Gasteiger charge is 2.04. The summed E-state index contributed by atoms with van der Waals surface area (Å²) in [4.78, 5) is 0. The van der Waals surface area contributed by atoms with Crippen LogP contribution in [0.4, 0.5) is 0 Å². The van der Waals surface area contributed by atoms with Crippen LogP contribution >= 0.6 is 15.9 Å². The minimum Gasteiger partial charge on any atom is -0.488 e. The zero-order chi connectivity index (χ0) is 15.5. The molecule has 1 nitrogen and oxygen atoms in total. The summed E-state index contributed by atoms with van der Waals surface area (Å²) in [5.41, 5.74) is 2.47. The Balaban J connectivity index is 1.79. The highest BCUT2D eigenvalue weighted by Crippen LogP contribution is 2.21. The van der Waals surface area contributed by atoms with Gasteiger partial charge in [0.1, 0.15) is 12.4 Å². The Bertz CT molecular complexity index is 524. The molecule has 22 heavy (non-hydrogen) atoms. The van der Waals surface area contributed by atoms with Gasteiger partial charge in [0.2, 0.25) is 0 Å². The summed E-state index contributed by atoms with van der Waals surface area (Å²) >= 11 is 3.48. The highest BCUT2D eigenvalue weighted by molar-refractivity contribution is 9.09. The third-order valence-electron chi connectivity index (χ3n) is 3.71. The first-order valence-corrected chi connectivity index (χ1v) is 9.24. The number of hydrogen-bond donors (Lipinski definition) is 0. The molecule has 2 heteroatoms. The summed E-state index contributed by atoms with van der Waals surface area (Å²) in [6.45, 7) is 0.611. The lowest BCUT2D eigenvalue weighted by molar-refractivity contribution is 0.302. The van der Waals surface area contributed by atoms with Crippen molar-refractivity contribution in [1.82, 2.24) is 0 Å². The Morgan fingerprint density at radius 2 is 1.64 bits per heavy atom. The number of aryl methyl sites for hydroxylation is 1. The first-order chi connectivity index (χ1) is 10.9.